The molecule has 0 aliphatic carbocycles. The first-order chi connectivity index (χ1) is 11.5. The minimum absolute atomic E-state index is 0.0622. The van der Waals surface area contributed by atoms with E-state index >= 15 is 0 Å². The minimum Gasteiger partial charge on any atom is -0.344 e. The number of hydrogen-bond acceptors (Lipinski definition) is 3. The third-order valence-electron chi connectivity index (χ3n) is 4.26. The smallest absolute Gasteiger partial charge is 0.237 e. The van der Waals surface area contributed by atoms with Crippen LogP contribution in [0.2, 0.25) is 5.02 Å². The second kappa shape index (κ2) is 8.72. The van der Waals surface area contributed by atoms with E-state index in [1.807, 2.05) is 30.0 Å². The number of amides is 2. The van der Waals surface area contributed by atoms with Crippen LogP contribution in [0.5, 0.6) is 0 Å². The molecule has 0 bridgehead atoms. The van der Waals surface area contributed by atoms with Gasteiger partial charge in [0.15, 0.2) is 0 Å². The molecule has 1 aromatic carbocycles. The number of hydrogen-bond donors (Lipinski definition) is 1. The van der Waals surface area contributed by atoms with Crippen LogP contribution in [-0.2, 0) is 16.0 Å². The van der Waals surface area contributed by atoms with E-state index in [1.54, 1.807) is 6.07 Å². The molecule has 2 amide bonds. The lowest BCUT2D eigenvalue weighted by Crippen LogP contribution is -2.55. The molecule has 0 unspecified atom stereocenters. The van der Waals surface area contributed by atoms with E-state index in [0.29, 0.717) is 37.6 Å². The minimum atomic E-state index is -0.251. The van der Waals surface area contributed by atoms with Crippen molar-refractivity contribution in [2.45, 2.75) is 19.4 Å². The number of piperazine rings is 1. The monoisotopic (exact) mass is 347 g/mol. The highest BCUT2D eigenvalue weighted by molar-refractivity contribution is 6.31. The summed E-state index contributed by atoms with van der Waals surface area (Å²) in [7, 11) is 0. The van der Waals surface area contributed by atoms with Crippen LogP contribution in [0.3, 0.4) is 0 Å². The Bertz CT molecular complexity index is 633. The van der Waals surface area contributed by atoms with E-state index in [1.165, 1.54) is 0 Å². The molecule has 0 aromatic heterocycles. The molecule has 1 aromatic rings. The Balaban J connectivity index is 1.84. The Hall–Kier alpha value is -2.03. The summed E-state index contributed by atoms with van der Waals surface area (Å²) in [5, 5.41) is 3.30. The Morgan fingerprint density at radius 1 is 1.29 bits per heavy atom. The van der Waals surface area contributed by atoms with E-state index in [-0.39, 0.29) is 24.4 Å². The lowest BCUT2D eigenvalue weighted by Gasteiger charge is -2.37. The Labute approximate surface area is 147 Å². The summed E-state index contributed by atoms with van der Waals surface area (Å²) >= 11 is 6.11. The van der Waals surface area contributed by atoms with Gasteiger partial charge in [0.1, 0.15) is 0 Å². The van der Waals surface area contributed by atoms with Gasteiger partial charge in [0.05, 0.1) is 19.0 Å². The van der Waals surface area contributed by atoms with Crippen molar-refractivity contribution in [2.75, 3.05) is 32.7 Å². The van der Waals surface area contributed by atoms with E-state index < -0.39 is 0 Å². The van der Waals surface area contributed by atoms with Crippen LogP contribution >= 0.6 is 11.6 Å². The first-order valence-corrected chi connectivity index (χ1v) is 8.37. The summed E-state index contributed by atoms with van der Waals surface area (Å²) < 4.78 is 0. The topological polar surface area (TPSA) is 52.7 Å². The predicted molar refractivity (Wildman–Crippen MR) is 94.6 cm³/mol. The van der Waals surface area contributed by atoms with E-state index in [9.17, 15) is 9.59 Å². The fourth-order valence-electron chi connectivity index (χ4n) is 2.73. The molecule has 2 rings (SSSR count). The second-order valence-electron chi connectivity index (χ2n) is 5.78. The molecule has 1 saturated heterocycles. The number of terminal acetylenes is 1. The first-order valence-electron chi connectivity index (χ1n) is 7.99. The fourth-order valence-corrected chi connectivity index (χ4v) is 2.93. The van der Waals surface area contributed by atoms with Gasteiger partial charge in [0.25, 0.3) is 0 Å². The molecule has 5 nitrogen and oxygen atoms in total. The first kappa shape index (κ1) is 18.3. The molecule has 1 atom stereocenters. The maximum absolute atomic E-state index is 12.4. The van der Waals surface area contributed by atoms with Crippen LogP contribution in [0, 0.1) is 12.3 Å². The van der Waals surface area contributed by atoms with Crippen molar-refractivity contribution in [1.29, 1.82) is 0 Å². The molecule has 0 radical (unpaired) electrons. The van der Waals surface area contributed by atoms with Crippen LogP contribution in [-0.4, -0.2) is 60.4 Å². The molecule has 1 N–H and O–H groups in total. The quantitative estimate of drug-likeness (QED) is 0.813. The maximum atomic E-state index is 12.4. The molecular weight excluding hydrogens is 326 g/mol. The summed E-state index contributed by atoms with van der Waals surface area (Å²) in [5.41, 5.74) is 0.841. The van der Waals surface area contributed by atoms with Crippen molar-refractivity contribution in [1.82, 2.24) is 15.1 Å². The third kappa shape index (κ3) is 4.73. The van der Waals surface area contributed by atoms with Crippen LogP contribution in [0.15, 0.2) is 24.3 Å². The predicted octanol–water partition coefficient (Wildman–Crippen LogP) is 1.16. The number of nitrogens with one attached hydrogen (secondary N) is 1. The van der Waals surface area contributed by atoms with Crippen molar-refractivity contribution in [2.24, 2.45) is 0 Å². The van der Waals surface area contributed by atoms with E-state index in [0.717, 1.165) is 5.56 Å². The van der Waals surface area contributed by atoms with Crippen molar-refractivity contribution < 1.29 is 9.59 Å². The summed E-state index contributed by atoms with van der Waals surface area (Å²) in [5.74, 6) is 2.37. The van der Waals surface area contributed by atoms with Gasteiger partial charge in [-0.1, -0.05) is 35.7 Å². The summed E-state index contributed by atoms with van der Waals surface area (Å²) in [6, 6.07) is 7.14. The number of carbonyl (C=O) groups excluding carboxylic acids is 2. The zero-order valence-corrected chi connectivity index (χ0v) is 14.6. The highest BCUT2D eigenvalue weighted by Crippen LogP contribution is 2.17. The Morgan fingerprint density at radius 2 is 1.96 bits per heavy atom. The van der Waals surface area contributed by atoms with E-state index in [4.69, 9.17) is 18.0 Å². The van der Waals surface area contributed by atoms with Gasteiger partial charge in [0, 0.05) is 31.2 Å². The molecule has 0 saturated carbocycles. The largest absolute Gasteiger partial charge is 0.344 e. The molecule has 24 heavy (non-hydrogen) atoms. The summed E-state index contributed by atoms with van der Waals surface area (Å²) in [6.45, 7) is 4.64. The average Bonchev–Trinajstić information content (AvgIpc) is 2.61. The number of rotatable bonds is 5. The molecule has 1 aliphatic heterocycles. The molecule has 0 spiro atoms. The maximum Gasteiger partial charge on any atom is 0.237 e. The highest BCUT2D eigenvalue weighted by atomic mass is 35.5. The molecule has 1 heterocycles. The van der Waals surface area contributed by atoms with Crippen molar-refractivity contribution >= 4 is 23.4 Å². The number of carbonyl (C=O) groups is 2. The molecule has 6 heteroatoms. The van der Waals surface area contributed by atoms with Crippen LogP contribution in [0.1, 0.15) is 12.5 Å². The zero-order valence-electron chi connectivity index (χ0n) is 13.8. The normalized spacial score (nSPS) is 16.3. The molecule has 1 fully saturated rings. The van der Waals surface area contributed by atoms with E-state index in [2.05, 4.69) is 16.1 Å². The lowest BCUT2D eigenvalue weighted by molar-refractivity contribution is -0.133. The van der Waals surface area contributed by atoms with Gasteiger partial charge in [-0.25, -0.2) is 0 Å². The Morgan fingerprint density at radius 3 is 2.58 bits per heavy atom. The van der Waals surface area contributed by atoms with Crippen molar-refractivity contribution in [3.8, 4) is 12.3 Å². The zero-order chi connectivity index (χ0) is 17.5. The summed E-state index contributed by atoms with van der Waals surface area (Å²) in [6.07, 6.45) is 5.45. The molecule has 128 valence electrons. The molecular formula is C18H22ClN3O2. The Kier molecular flexibility index (Phi) is 6.65. The average molecular weight is 348 g/mol. The van der Waals surface area contributed by atoms with Gasteiger partial charge in [-0.15, -0.1) is 6.42 Å². The van der Waals surface area contributed by atoms with Crippen LogP contribution in [0.4, 0.5) is 0 Å². The lowest BCUT2D eigenvalue weighted by atomic mass is 10.1. The van der Waals surface area contributed by atoms with Crippen molar-refractivity contribution in [3.63, 3.8) is 0 Å². The number of benzene rings is 1. The fraction of sp³-hybridized carbons (Fsp3) is 0.444. The summed E-state index contributed by atoms with van der Waals surface area (Å²) in [4.78, 5) is 28.3. The van der Waals surface area contributed by atoms with Crippen LogP contribution < -0.4 is 5.32 Å². The van der Waals surface area contributed by atoms with Crippen LogP contribution in [0.25, 0.3) is 0 Å². The number of halogens is 1. The SMILES string of the molecule is C#CCNC(=O)[C@H](C)N1CCN(C(=O)Cc2ccccc2Cl)CC1. The van der Waals surface area contributed by atoms with Gasteiger partial charge in [-0.3, -0.25) is 14.5 Å². The third-order valence-corrected chi connectivity index (χ3v) is 4.63. The van der Waals surface area contributed by atoms with Crippen molar-refractivity contribution in [3.05, 3.63) is 34.9 Å². The van der Waals surface area contributed by atoms with Gasteiger partial charge >= 0.3 is 0 Å². The molecule has 1 aliphatic rings. The van der Waals surface area contributed by atoms with Gasteiger partial charge in [-0.05, 0) is 18.6 Å². The highest BCUT2D eigenvalue weighted by Gasteiger charge is 2.27. The van der Waals surface area contributed by atoms with Gasteiger partial charge < -0.3 is 10.2 Å². The second-order valence-corrected chi connectivity index (χ2v) is 6.19. The standard InChI is InChI=1S/C18H22ClN3O2/c1-3-8-20-18(24)14(2)21-9-11-22(12-10-21)17(23)13-15-6-4-5-7-16(15)19/h1,4-7,14H,8-13H2,2H3,(H,20,24)/t14-/m0/s1. The van der Waals surface area contributed by atoms with Gasteiger partial charge in [0.2, 0.25) is 11.8 Å². The van der Waals surface area contributed by atoms with Gasteiger partial charge in [-0.2, -0.15) is 0 Å². The number of nitrogens with zero attached hydrogens (tertiary/aromatic N) is 2.